The van der Waals surface area contributed by atoms with E-state index < -0.39 is 21.7 Å². The molecule has 2 heterocycles. The lowest BCUT2D eigenvalue weighted by Crippen LogP contribution is -2.04. The molecule has 0 saturated carbocycles. The van der Waals surface area contributed by atoms with Crippen LogP contribution in [0, 0.1) is 20.2 Å². The Morgan fingerprint density at radius 1 is 0.875 bits per heavy atom. The van der Waals surface area contributed by atoms with Crippen molar-refractivity contribution in [3.63, 3.8) is 0 Å². The summed E-state index contributed by atoms with van der Waals surface area (Å²) in [5, 5.41) is 28.6. The van der Waals surface area contributed by atoms with E-state index >= 15 is 0 Å². The summed E-state index contributed by atoms with van der Waals surface area (Å²) in [7, 11) is 0. The Morgan fingerprint density at radius 2 is 1.33 bits per heavy atom. The molecule has 0 aliphatic carbocycles. The second-order valence-corrected chi connectivity index (χ2v) is 4.82. The van der Waals surface area contributed by atoms with Crippen LogP contribution in [0.3, 0.4) is 0 Å². The predicted octanol–water partition coefficient (Wildman–Crippen LogP) is 0.783. The lowest BCUT2D eigenvalue weighted by molar-refractivity contribution is -0.394. The molecule has 3 aromatic rings. The lowest BCUT2D eigenvalue weighted by atomic mass is 10.1. The molecule has 122 valence electrons. The van der Waals surface area contributed by atoms with Crippen LogP contribution in [0.15, 0.2) is 36.9 Å². The molecule has 0 bridgehead atoms. The molecule has 0 aliphatic heterocycles. The average molecular weight is 330 g/mol. The number of hydrogen-bond acceptors (Lipinski definition) is 8. The van der Waals surface area contributed by atoms with Crippen LogP contribution in [0.1, 0.15) is 11.1 Å². The summed E-state index contributed by atoms with van der Waals surface area (Å²) in [5.74, 6) is -0.915. The lowest BCUT2D eigenvalue weighted by Gasteiger charge is -2.02. The van der Waals surface area contributed by atoms with Crippen molar-refractivity contribution < 1.29 is 9.85 Å². The number of benzene rings is 1. The Kier molecular flexibility index (Phi) is 3.93. The van der Waals surface area contributed by atoms with Crippen LogP contribution in [0.5, 0.6) is 0 Å². The van der Waals surface area contributed by atoms with Crippen molar-refractivity contribution in [1.82, 2.24) is 29.5 Å². The van der Waals surface area contributed by atoms with Crippen molar-refractivity contribution in [1.29, 1.82) is 0 Å². The van der Waals surface area contributed by atoms with Crippen molar-refractivity contribution >= 4 is 11.9 Å². The number of aromatic nitrogens is 6. The Labute approximate surface area is 133 Å². The van der Waals surface area contributed by atoms with Gasteiger partial charge in [0.1, 0.15) is 0 Å². The number of nitrogens with zero attached hydrogens (tertiary/aromatic N) is 8. The molecule has 0 N–H and O–H groups in total. The summed E-state index contributed by atoms with van der Waals surface area (Å²) in [6.07, 6.45) is 2.57. The molecule has 2 aromatic heterocycles. The third-order valence-corrected chi connectivity index (χ3v) is 3.06. The van der Waals surface area contributed by atoms with Crippen molar-refractivity contribution in [2.45, 2.75) is 13.1 Å². The number of rotatable bonds is 6. The number of hydrogen-bond donors (Lipinski definition) is 0. The first kappa shape index (κ1) is 15.2. The maximum absolute atomic E-state index is 10.6. The van der Waals surface area contributed by atoms with E-state index in [4.69, 9.17) is 0 Å². The van der Waals surface area contributed by atoms with Gasteiger partial charge in [0.15, 0.2) is 0 Å². The second-order valence-electron chi connectivity index (χ2n) is 4.82. The summed E-state index contributed by atoms with van der Waals surface area (Å²) in [6.45, 7) is 0.623. The SMILES string of the molecule is O=[N+]([O-])c1ncn(Cc2cccc(Cn3cnc([N+](=O)[O-])n3)c2)n1. The monoisotopic (exact) mass is 330 g/mol. The zero-order valence-electron chi connectivity index (χ0n) is 12.1. The zero-order chi connectivity index (χ0) is 17.1. The molecule has 24 heavy (non-hydrogen) atoms. The molecule has 0 aliphatic rings. The molecule has 0 unspecified atom stereocenters. The van der Waals surface area contributed by atoms with Crippen LogP contribution >= 0.6 is 0 Å². The first-order chi connectivity index (χ1) is 11.5. The van der Waals surface area contributed by atoms with Gasteiger partial charge in [-0.1, -0.05) is 34.2 Å². The van der Waals surface area contributed by atoms with Crippen LogP contribution < -0.4 is 0 Å². The normalized spacial score (nSPS) is 10.7. The van der Waals surface area contributed by atoms with Crippen molar-refractivity contribution in [3.8, 4) is 0 Å². The van der Waals surface area contributed by atoms with Crippen LogP contribution in [-0.2, 0) is 13.1 Å². The van der Waals surface area contributed by atoms with Crippen LogP contribution in [-0.4, -0.2) is 39.4 Å². The fourth-order valence-corrected chi connectivity index (χ4v) is 2.09. The Hall–Kier alpha value is -3.70. The molecule has 12 nitrogen and oxygen atoms in total. The molecule has 0 spiro atoms. The Balaban J connectivity index is 1.73. The first-order valence-electron chi connectivity index (χ1n) is 6.67. The van der Waals surface area contributed by atoms with E-state index in [0.29, 0.717) is 13.1 Å². The molecule has 12 heteroatoms. The quantitative estimate of drug-likeness (QED) is 0.475. The van der Waals surface area contributed by atoms with E-state index in [1.807, 2.05) is 18.2 Å². The van der Waals surface area contributed by atoms with E-state index in [1.165, 1.54) is 22.0 Å². The third-order valence-electron chi connectivity index (χ3n) is 3.06. The average Bonchev–Trinajstić information content (AvgIpc) is 3.17. The predicted molar refractivity (Wildman–Crippen MR) is 78.0 cm³/mol. The van der Waals surface area contributed by atoms with Gasteiger partial charge in [-0.15, -0.1) is 0 Å². The summed E-state index contributed by atoms with van der Waals surface area (Å²) in [5.41, 5.74) is 1.70. The van der Waals surface area contributed by atoms with Gasteiger partial charge in [-0.2, -0.15) is 9.36 Å². The van der Waals surface area contributed by atoms with Gasteiger partial charge in [0.2, 0.25) is 12.7 Å². The van der Waals surface area contributed by atoms with Gasteiger partial charge in [0.05, 0.1) is 13.1 Å². The van der Waals surface area contributed by atoms with Crippen LogP contribution in [0.4, 0.5) is 11.9 Å². The molecule has 0 amide bonds. The smallest absolute Gasteiger partial charge is 0.390 e. The Morgan fingerprint density at radius 3 is 1.71 bits per heavy atom. The van der Waals surface area contributed by atoms with Crippen LogP contribution in [0.25, 0.3) is 0 Å². The van der Waals surface area contributed by atoms with Crippen molar-refractivity contribution in [2.75, 3.05) is 0 Å². The van der Waals surface area contributed by atoms with E-state index in [9.17, 15) is 20.2 Å². The minimum atomic E-state index is -0.662. The summed E-state index contributed by atoms with van der Waals surface area (Å²) < 4.78 is 2.72. The molecule has 1 aromatic carbocycles. The van der Waals surface area contributed by atoms with Gasteiger partial charge in [0, 0.05) is 10.2 Å². The summed E-state index contributed by atoms with van der Waals surface area (Å²) in [4.78, 5) is 27.0. The fraction of sp³-hybridized carbons (Fsp3) is 0.167. The number of nitro groups is 2. The van der Waals surface area contributed by atoms with Gasteiger partial charge in [-0.3, -0.25) is 0 Å². The first-order valence-corrected chi connectivity index (χ1v) is 6.67. The molecule has 0 saturated heterocycles. The van der Waals surface area contributed by atoms with Gasteiger partial charge in [0.25, 0.3) is 0 Å². The second kappa shape index (κ2) is 6.20. The van der Waals surface area contributed by atoms with E-state index in [1.54, 1.807) is 6.07 Å². The Bertz CT molecular complexity index is 832. The van der Waals surface area contributed by atoms with Gasteiger partial charge >= 0.3 is 11.9 Å². The van der Waals surface area contributed by atoms with Gasteiger partial charge < -0.3 is 20.2 Å². The largest absolute Gasteiger partial charge is 0.490 e. The van der Waals surface area contributed by atoms with E-state index in [-0.39, 0.29) is 0 Å². The van der Waals surface area contributed by atoms with Crippen molar-refractivity contribution in [2.24, 2.45) is 0 Å². The highest BCUT2D eigenvalue weighted by Gasteiger charge is 2.14. The molecular formula is C12H10N8O4. The molecule has 3 rings (SSSR count). The molecule has 0 fully saturated rings. The van der Waals surface area contributed by atoms with Crippen molar-refractivity contribution in [3.05, 3.63) is 68.3 Å². The highest BCUT2D eigenvalue weighted by atomic mass is 16.6. The van der Waals surface area contributed by atoms with Crippen LogP contribution in [0.2, 0.25) is 0 Å². The molecular weight excluding hydrogens is 320 g/mol. The summed E-state index contributed by atoms with van der Waals surface area (Å²) in [6, 6.07) is 7.32. The fourth-order valence-electron chi connectivity index (χ4n) is 2.09. The zero-order valence-corrected chi connectivity index (χ0v) is 12.1. The molecule has 0 atom stereocenters. The summed E-state index contributed by atoms with van der Waals surface area (Å²) >= 11 is 0. The minimum absolute atomic E-state index is 0.312. The third kappa shape index (κ3) is 3.37. The standard InChI is InChI=1S/C12H10N8O4/c21-19(22)11-13-7-17(15-11)5-9-2-1-3-10(4-9)6-18-8-14-12(16-18)20(23)24/h1-4,7-8H,5-6H2. The molecule has 0 radical (unpaired) electrons. The van der Waals surface area contributed by atoms with Gasteiger partial charge in [-0.05, 0) is 21.0 Å². The van der Waals surface area contributed by atoms with E-state index in [2.05, 4.69) is 20.2 Å². The topological polar surface area (TPSA) is 148 Å². The maximum Gasteiger partial charge on any atom is 0.490 e. The van der Waals surface area contributed by atoms with E-state index in [0.717, 1.165) is 11.1 Å². The highest BCUT2D eigenvalue weighted by molar-refractivity contribution is 5.24. The minimum Gasteiger partial charge on any atom is -0.390 e. The highest BCUT2D eigenvalue weighted by Crippen LogP contribution is 2.10. The van der Waals surface area contributed by atoms with Gasteiger partial charge in [-0.25, -0.2) is 0 Å². The maximum atomic E-state index is 10.6.